The molecule has 2 aromatic carbocycles. The molecule has 146 valence electrons. The Bertz CT molecular complexity index is 915. The Morgan fingerprint density at radius 2 is 1.71 bits per heavy atom. The molecule has 1 aliphatic rings. The molecule has 1 heterocycles. The lowest BCUT2D eigenvalue weighted by Crippen LogP contribution is -2.28. The van der Waals surface area contributed by atoms with Crippen molar-refractivity contribution in [1.29, 1.82) is 0 Å². The van der Waals surface area contributed by atoms with Gasteiger partial charge in [-0.3, -0.25) is 5.01 Å². The minimum Gasteiger partial charge on any atom is -0.478 e. The monoisotopic (exact) mass is 400 g/mol. The number of carbonyl (C=O) groups excluding carboxylic acids is 1. The standard InChI is InChI=1S/C21H21ClN2O4/c1-21(2,3)28-20(27)17-12-18(13-4-8-15(22)9-5-13)24(23-17)16-10-6-14(7-11-16)19(25)26/h4-11,18H,12H2,1-3H3,(H,25,26). The second-order valence-electron chi connectivity index (χ2n) is 7.52. The number of anilines is 1. The highest BCUT2D eigenvalue weighted by atomic mass is 35.5. The predicted molar refractivity (Wildman–Crippen MR) is 108 cm³/mol. The Morgan fingerprint density at radius 3 is 2.25 bits per heavy atom. The molecular weight excluding hydrogens is 380 g/mol. The van der Waals surface area contributed by atoms with Crippen LogP contribution in [0.3, 0.4) is 0 Å². The van der Waals surface area contributed by atoms with Crippen molar-refractivity contribution in [2.24, 2.45) is 5.10 Å². The maximum absolute atomic E-state index is 12.5. The summed E-state index contributed by atoms with van der Waals surface area (Å²) in [4.78, 5) is 23.6. The van der Waals surface area contributed by atoms with Crippen LogP contribution in [-0.2, 0) is 9.53 Å². The fourth-order valence-electron chi connectivity index (χ4n) is 2.91. The topological polar surface area (TPSA) is 79.2 Å². The number of halogens is 1. The van der Waals surface area contributed by atoms with Crippen molar-refractivity contribution in [3.05, 3.63) is 64.7 Å². The quantitative estimate of drug-likeness (QED) is 0.753. The molecule has 0 radical (unpaired) electrons. The first-order valence-electron chi connectivity index (χ1n) is 8.83. The Kier molecular flexibility index (Phi) is 5.42. The zero-order chi connectivity index (χ0) is 20.5. The third kappa shape index (κ3) is 4.51. The molecule has 0 bridgehead atoms. The highest BCUT2D eigenvalue weighted by Gasteiger charge is 2.34. The number of esters is 1. The van der Waals surface area contributed by atoms with E-state index in [2.05, 4.69) is 5.10 Å². The van der Waals surface area contributed by atoms with Gasteiger partial charge in [-0.1, -0.05) is 23.7 Å². The average molecular weight is 401 g/mol. The third-order valence-electron chi connectivity index (χ3n) is 4.18. The van der Waals surface area contributed by atoms with Crippen LogP contribution in [0.15, 0.2) is 53.6 Å². The van der Waals surface area contributed by atoms with Gasteiger partial charge in [-0.15, -0.1) is 0 Å². The van der Waals surface area contributed by atoms with E-state index in [0.29, 0.717) is 22.8 Å². The minimum absolute atomic E-state index is 0.183. The number of carbonyl (C=O) groups is 2. The van der Waals surface area contributed by atoms with Crippen molar-refractivity contribution >= 4 is 34.9 Å². The molecule has 1 aliphatic heterocycles. The third-order valence-corrected chi connectivity index (χ3v) is 4.43. The predicted octanol–water partition coefficient (Wildman–Crippen LogP) is 4.69. The molecule has 7 heteroatoms. The van der Waals surface area contributed by atoms with Gasteiger partial charge in [0, 0.05) is 11.4 Å². The summed E-state index contributed by atoms with van der Waals surface area (Å²) in [5.41, 5.74) is 1.50. The van der Waals surface area contributed by atoms with Crippen LogP contribution >= 0.6 is 11.6 Å². The molecule has 0 fully saturated rings. The Hall–Kier alpha value is -2.86. The Labute approximate surface area is 168 Å². The number of hydrogen-bond donors (Lipinski definition) is 1. The van der Waals surface area contributed by atoms with Crippen molar-refractivity contribution in [1.82, 2.24) is 0 Å². The zero-order valence-electron chi connectivity index (χ0n) is 15.8. The molecule has 1 N–H and O–H groups in total. The number of hydrogen-bond acceptors (Lipinski definition) is 5. The summed E-state index contributed by atoms with van der Waals surface area (Å²) in [7, 11) is 0. The summed E-state index contributed by atoms with van der Waals surface area (Å²) in [5.74, 6) is -1.46. The van der Waals surface area contributed by atoms with Crippen molar-refractivity contribution in [3.8, 4) is 0 Å². The van der Waals surface area contributed by atoms with E-state index in [1.165, 1.54) is 12.1 Å². The smallest absolute Gasteiger partial charge is 0.355 e. The highest BCUT2D eigenvalue weighted by Crippen LogP contribution is 2.36. The molecule has 28 heavy (non-hydrogen) atoms. The Morgan fingerprint density at radius 1 is 1.11 bits per heavy atom. The molecule has 0 saturated carbocycles. The summed E-state index contributed by atoms with van der Waals surface area (Å²) in [6.45, 7) is 5.42. The lowest BCUT2D eigenvalue weighted by molar-refractivity contribution is -0.146. The second-order valence-corrected chi connectivity index (χ2v) is 7.95. The number of benzene rings is 2. The molecule has 3 rings (SSSR count). The van der Waals surface area contributed by atoms with Crippen LogP contribution in [0.2, 0.25) is 5.02 Å². The molecular formula is C21H21ClN2O4. The van der Waals surface area contributed by atoms with Gasteiger partial charge in [0.15, 0.2) is 0 Å². The highest BCUT2D eigenvalue weighted by molar-refractivity contribution is 6.37. The second kappa shape index (κ2) is 7.64. The first-order valence-corrected chi connectivity index (χ1v) is 9.21. The van der Waals surface area contributed by atoms with E-state index in [-0.39, 0.29) is 11.6 Å². The van der Waals surface area contributed by atoms with E-state index < -0.39 is 17.5 Å². The van der Waals surface area contributed by atoms with E-state index in [1.54, 1.807) is 50.0 Å². The maximum atomic E-state index is 12.5. The van der Waals surface area contributed by atoms with Crippen molar-refractivity contribution in [2.45, 2.75) is 38.8 Å². The van der Waals surface area contributed by atoms with Crippen LogP contribution in [0.25, 0.3) is 0 Å². The minimum atomic E-state index is -1.000. The molecule has 0 saturated heterocycles. The van der Waals surface area contributed by atoms with Crippen LogP contribution in [0.5, 0.6) is 0 Å². The van der Waals surface area contributed by atoms with Gasteiger partial charge in [-0.2, -0.15) is 5.10 Å². The number of hydrazone groups is 1. The van der Waals surface area contributed by atoms with Crippen molar-refractivity contribution in [3.63, 3.8) is 0 Å². The summed E-state index contributed by atoms with van der Waals surface area (Å²) in [6.07, 6.45) is 0.372. The fourth-order valence-corrected chi connectivity index (χ4v) is 3.04. The average Bonchev–Trinajstić information content (AvgIpc) is 3.06. The number of nitrogens with zero attached hydrogens (tertiary/aromatic N) is 2. The van der Waals surface area contributed by atoms with Crippen molar-refractivity contribution < 1.29 is 19.4 Å². The molecule has 0 aromatic heterocycles. The molecule has 0 amide bonds. The van der Waals surface area contributed by atoms with Gasteiger partial charge < -0.3 is 9.84 Å². The Balaban J connectivity index is 1.95. The van der Waals surface area contributed by atoms with Gasteiger partial charge in [0.1, 0.15) is 11.3 Å². The van der Waals surface area contributed by atoms with Gasteiger partial charge in [0.25, 0.3) is 0 Å². The molecule has 0 spiro atoms. The first kappa shape index (κ1) is 19.9. The van der Waals surface area contributed by atoms with Crippen LogP contribution in [-0.4, -0.2) is 28.4 Å². The normalized spacial score (nSPS) is 16.6. The number of rotatable bonds is 4. The largest absolute Gasteiger partial charge is 0.478 e. The molecule has 1 unspecified atom stereocenters. The van der Waals surface area contributed by atoms with Gasteiger partial charge in [-0.05, 0) is 62.7 Å². The molecule has 2 aromatic rings. The van der Waals surface area contributed by atoms with E-state index in [1.807, 2.05) is 12.1 Å². The fraction of sp³-hybridized carbons (Fsp3) is 0.286. The summed E-state index contributed by atoms with van der Waals surface area (Å²) >= 11 is 6.00. The number of carboxylic acid groups (broad SMARTS) is 1. The van der Waals surface area contributed by atoms with Gasteiger partial charge in [0.05, 0.1) is 17.3 Å². The van der Waals surface area contributed by atoms with E-state index >= 15 is 0 Å². The maximum Gasteiger partial charge on any atom is 0.355 e. The van der Waals surface area contributed by atoms with Gasteiger partial charge >= 0.3 is 11.9 Å². The van der Waals surface area contributed by atoms with E-state index in [4.69, 9.17) is 21.4 Å². The van der Waals surface area contributed by atoms with Gasteiger partial charge in [-0.25, -0.2) is 9.59 Å². The SMILES string of the molecule is CC(C)(C)OC(=O)C1=NN(c2ccc(C(=O)O)cc2)C(c2ccc(Cl)cc2)C1. The number of carboxylic acids is 1. The van der Waals surface area contributed by atoms with Crippen LogP contribution in [0.1, 0.15) is 49.2 Å². The number of ether oxygens (including phenoxy) is 1. The van der Waals surface area contributed by atoms with E-state index in [9.17, 15) is 9.59 Å². The van der Waals surface area contributed by atoms with E-state index in [0.717, 1.165) is 5.56 Å². The summed E-state index contributed by atoms with van der Waals surface area (Å²) < 4.78 is 5.46. The molecule has 1 atom stereocenters. The lowest BCUT2D eigenvalue weighted by Gasteiger charge is -2.24. The zero-order valence-corrected chi connectivity index (χ0v) is 16.6. The molecule has 0 aliphatic carbocycles. The van der Waals surface area contributed by atoms with Gasteiger partial charge in [0.2, 0.25) is 0 Å². The van der Waals surface area contributed by atoms with Crippen LogP contribution in [0, 0.1) is 0 Å². The number of aromatic carboxylic acids is 1. The summed E-state index contributed by atoms with van der Waals surface area (Å²) in [5, 5.41) is 15.9. The van der Waals surface area contributed by atoms with Crippen LogP contribution < -0.4 is 5.01 Å². The molecule has 6 nitrogen and oxygen atoms in total. The van der Waals surface area contributed by atoms with Crippen molar-refractivity contribution in [2.75, 3.05) is 5.01 Å². The van der Waals surface area contributed by atoms with Crippen LogP contribution in [0.4, 0.5) is 5.69 Å². The summed E-state index contributed by atoms with van der Waals surface area (Å²) in [6, 6.07) is 13.5. The lowest BCUT2D eigenvalue weighted by atomic mass is 10.0. The first-order chi connectivity index (χ1) is 13.1.